The van der Waals surface area contributed by atoms with E-state index >= 15 is 4.39 Å². The number of pyridine rings is 1. The van der Waals surface area contributed by atoms with Gasteiger partial charge in [0.25, 0.3) is 0 Å². The summed E-state index contributed by atoms with van der Waals surface area (Å²) >= 11 is 0. The second kappa shape index (κ2) is 9.02. The van der Waals surface area contributed by atoms with Crippen molar-refractivity contribution in [2.24, 2.45) is 5.92 Å². The molecule has 1 saturated heterocycles. The van der Waals surface area contributed by atoms with Gasteiger partial charge in [-0.15, -0.1) is 0 Å². The lowest BCUT2D eigenvalue weighted by Gasteiger charge is -2.33. The smallest absolute Gasteiger partial charge is 0.197 e. The summed E-state index contributed by atoms with van der Waals surface area (Å²) in [6, 6.07) is 5.99. The number of aromatic nitrogens is 4. The summed E-state index contributed by atoms with van der Waals surface area (Å²) in [7, 11) is 1.63. The number of aromatic amines is 1. The minimum atomic E-state index is -0.0696. The van der Waals surface area contributed by atoms with Crippen molar-refractivity contribution in [2.45, 2.75) is 52.4 Å². The monoisotopic (exact) mass is 463 g/mol. The largest absolute Gasteiger partial charge is 0.493 e. The zero-order chi connectivity index (χ0) is 24.0. The zero-order valence-corrected chi connectivity index (χ0v) is 20.7. The molecular weight excluding hydrogens is 429 g/mol. The van der Waals surface area contributed by atoms with Crippen LogP contribution in [0.15, 0.2) is 30.7 Å². The molecule has 5 rings (SSSR count). The van der Waals surface area contributed by atoms with Crippen molar-refractivity contribution in [3.63, 3.8) is 0 Å². The lowest BCUT2D eigenvalue weighted by Crippen LogP contribution is -2.35. The van der Waals surface area contributed by atoms with E-state index in [1.165, 1.54) is 6.33 Å². The number of fused-ring (bicyclic) bond motifs is 2. The fourth-order valence-corrected chi connectivity index (χ4v) is 5.53. The zero-order valence-electron chi connectivity index (χ0n) is 20.7. The molecule has 0 unspecified atom stereocenters. The second-order valence-electron chi connectivity index (χ2n) is 10.3. The van der Waals surface area contributed by atoms with Crippen molar-refractivity contribution < 1.29 is 9.13 Å². The van der Waals surface area contributed by atoms with Gasteiger partial charge in [0.2, 0.25) is 0 Å². The van der Waals surface area contributed by atoms with Crippen molar-refractivity contribution in [3.8, 4) is 17.0 Å². The summed E-state index contributed by atoms with van der Waals surface area (Å²) in [4.78, 5) is 10.3. The first-order valence-corrected chi connectivity index (χ1v) is 12.3. The molecule has 180 valence electrons. The number of ether oxygens (including phenoxy) is 1. The van der Waals surface area contributed by atoms with Gasteiger partial charge in [-0.3, -0.25) is 0 Å². The average molecular weight is 464 g/mol. The number of methoxy groups -OCH3 is 1. The molecule has 1 aliphatic heterocycles. The molecule has 1 aliphatic rings. The molecule has 0 spiro atoms. The van der Waals surface area contributed by atoms with Crippen molar-refractivity contribution in [2.75, 3.05) is 26.7 Å². The van der Waals surface area contributed by atoms with Crippen molar-refractivity contribution in [3.05, 3.63) is 47.7 Å². The summed E-state index contributed by atoms with van der Waals surface area (Å²) < 4.78 is 23.4. The van der Waals surface area contributed by atoms with Gasteiger partial charge < -0.3 is 14.6 Å². The fraction of sp³-hybridized carbons (Fsp3) is 0.481. The first-order valence-electron chi connectivity index (χ1n) is 12.3. The maximum atomic E-state index is 16.2. The Morgan fingerprint density at radius 2 is 1.94 bits per heavy atom. The van der Waals surface area contributed by atoms with Crippen LogP contribution in [0.25, 0.3) is 27.8 Å². The third kappa shape index (κ3) is 3.96. The number of rotatable bonds is 6. The Hall–Kier alpha value is -2.93. The number of benzene rings is 1. The van der Waals surface area contributed by atoms with Crippen LogP contribution in [0.2, 0.25) is 0 Å². The van der Waals surface area contributed by atoms with Gasteiger partial charge in [0.05, 0.1) is 12.8 Å². The number of piperidine rings is 1. The van der Waals surface area contributed by atoms with Crippen LogP contribution in [-0.4, -0.2) is 51.2 Å². The van der Waals surface area contributed by atoms with Crippen LogP contribution in [-0.2, 0) is 0 Å². The standard InChI is InChI=1S/C27H34FN5O/c1-16(2)13-32-10-8-18(9-11-32)20-6-7-21-24(25(20)28)23(17(3)4)26(31-21)19-12-22(34-5)27-29-15-30-33(27)14-19/h6-7,12,14-18,31H,8-11,13H2,1-5H3. The molecule has 1 fully saturated rings. The molecular formula is C27H34FN5O. The molecule has 3 aromatic heterocycles. The van der Waals surface area contributed by atoms with Crippen molar-refractivity contribution >= 4 is 16.6 Å². The summed E-state index contributed by atoms with van der Waals surface area (Å²) in [5.41, 5.74) is 5.14. The fourth-order valence-electron chi connectivity index (χ4n) is 5.53. The molecule has 0 radical (unpaired) electrons. The first kappa shape index (κ1) is 22.8. The summed E-state index contributed by atoms with van der Waals surface area (Å²) in [6.07, 6.45) is 5.44. The van der Waals surface area contributed by atoms with Gasteiger partial charge in [0.15, 0.2) is 11.4 Å². The quantitative estimate of drug-likeness (QED) is 0.382. The van der Waals surface area contributed by atoms with Crippen LogP contribution in [0.5, 0.6) is 5.75 Å². The van der Waals surface area contributed by atoms with Crippen LogP contribution in [0, 0.1) is 11.7 Å². The van der Waals surface area contributed by atoms with E-state index in [-0.39, 0.29) is 17.7 Å². The molecule has 0 atom stereocenters. The molecule has 7 heteroatoms. The Bertz CT molecular complexity index is 1310. The number of hydrogen-bond acceptors (Lipinski definition) is 4. The minimum absolute atomic E-state index is 0.0696. The van der Waals surface area contributed by atoms with Crippen LogP contribution in [0.1, 0.15) is 63.5 Å². The van der Waals surface area contributed by atoms with E-state index in [0.29, 0.717) is 22.7 Å². The molecule has 1 N–H and O–H groups in total. The molecule has 4 heterocycles. The Balaban J connectivity index is 1.57. The average Bonchev–Trinajstić information content (AvgIpc) is 3.44. The van der Waals surface area contributed by atoms with Gasteiger partial charge in [0.1, 0.15) is 12.1 Å². The van der Waals surface area contributed by atoms with Gasteiger partial charge in [-0.25, -0.2) is 13.9 Å². The first-order chi connectivity index (χ1) is 16.4. The predicted octanol–water partition coefficient (Wildman–Crippen LogP) is 5.98. The molecule has 0 amide bonds. The van der Waals surface area contributed by atoms with E-state index in [1.807, 2.05) is 18.3 Å². The molecule has 34 heavy (non-hydrogen) atoms. The summed E-state index contributed by atoms with van der Waals surface area (Å²) in [5.74, 6) is 1.63. The number of likely N-dealkylation sites (tertiary alicyclic amines) is 1. The van der Waals surface area contributed by atoms with Crippen molar-refractivity contribution in [1.29, 1.82) is 0 Å². The van der Waals surface area contributed by atoms with E-state index in [1.54, 1.807) is 11.6 Å². The lowest BCUT2D eigenvalue weighted by atomic mass is 9.86. The second-order valence-corrected chi connectivity index (χ2v) is 10.3. The number of nitrogens with one attached hydrogen (secondary N) is 1. The van der Waals surface area contributed by atoms with Gasteiger partial charge >= 0.3 is 0 Å². The highest BCUT2D eigenvalue weighted by atomic mass is 19.1. The van der Waals surface area contributed by atoms with E-state index < -0.39 is 0 Å². The van der Waals surface area contributed by atoms with E-state index in [9.17, 15) is 0 Å². The lowest BCUT2D eigenvalue weighted by molar-refractivity contribution is 0.191. The Morgan fingerprint density at radius 1 is 1.18 bits per heavy atom. The van der Waals surface area contributed by atoms with Crippen LogP contribution in [0.4, 0.5) is 4.39 Å². The van der Waals surface area contributed by atoms with E-state index in [0.717, 1.165) is 60.4 Å². The SMILES string of the molecule is COc1cc(-c2[nH]c3ccc(C4CCN(CC(C)C)CC4)c(F)c3c2C(C)C)cn2ncnc12. The van der Waals surface area contributed by atoms with Crippen LogP contribution < -0.4 is 4.74 Å². The van der Waals surface area contributed by atoms with E-state index in [4.69, 9.17) is 4.74 Å². The molecule has 0 saturated carbocycles. The highest BCUT2D eigenvalue weighted by Crippen LogP contribution is 2.41. The number of H-pyrrole nitrogens is 1. The molecule has 4 aromatic rings. The minimum Gasteiger partial charge on any atom is -0.493 e. The highest BCUT2D eigenvalue weighted by molar-refractivity contribution is 5.92. The number of hydrogen-bond donors (Lipinski definition) is 1. The molecule has 1 aromatic carbocycles. The van der Waals surface area contributed by atoms with Crippen LogP contribution in [0.3, 0.4) is 0 Å². The van der Waals surface area contributed by atoms with Gasteiger partial charge in [0, 0.05) is 29.2 Å². The summed E-state index contributed by atoms with van der Waals surface area (Å²) in [5, 5.41) is 5.01. The molecule has 6 nitrogen and oxygen atoms in total. The predicted molar refractivity (Wildman–Crippen MR) is 134 cm³/mol. The highest BCUT2D eigenvalue weighted by Gasteiger charge is 2.27. The Labute approximate surface area is 200 Å². The maximum Gasteiger partial charge on any atom is 0.197 e. The van der Waals surface area contributed by atoms with Crippen molar-refractivity contribution in [1.82, 2.24) is 24.5 Å². The molecule has 0 bridgehead atoms. The van der Waals surface area contributed by atoms with Gasteiger partial charge in [-0.05, 0) is 66.9 Å². The molecule has 0 aliphatic carbocycles. The van der Waals surface area contributed by atoms with Gasteiger partial charge in [-0.2, -0.15) is 5.10 Å². The van der Waals surface area contributed by atoms with Crippen LogP contribution >= 0.6 is 0 Å². The third-order valence-electron chi connectivity index (χ3n) is 7.05. The summed E-state index contributed by atoms with van der Waals surface area (Å²) in [6.45, 7) is 11.9. The van der Waals surface area contributed by atoms with Gasteiger partial charge in [-0.1, -0.05) is 33.8 Å². The third-order valence-corrected chi connectivity index (χ3v) is 7.05. The maximum absolute atomic E-state index is 16.2. The number of nitrogens with zero attached hydrogens (tertiary/aromatic N) is 4. The Kier molecular flexibility index (Phi) is 6.06. The number of halogens is 1. The normalized spacial score (nSPS) is 15.9. The Morgan fingerprint density at radius 3 is 2.62 bits per heavy atom. The van der Waals surface area contributed by atoms with E-state index in [2.05, 4.69) is 53.7 Å². The topological polar surface area (TPSA) is 58.5 Å².